The standard InChI is InChI=1S/C15H13NO/c17-15-8-7-13-11(4-3-6-14(13)15)10-12-5-1-2-9-16-12/h1-6,9H,7-8,10H2. The number of benzene rings is 1. The molecule has 0 unspecified atom stereocenters. The number of pyridine rings is 1. The van der Waals surface area contributed by atoms with Crippen LogP contribution < -0.4 is 0 Å². The number of hydrogen-bond acceptors (Lipinski definition) is 2. The Morgan fingerprint density at radius 1 is 1.06 bits per heavy atom. The average molecular weight is 223 g/mol. The van der Waals surface area contributed by atoms with Crippen molar-refractivity contribution in [1.82, 2.24) is 4.98 Å². The fraction of sp³-hybridized carbons (Fsp3) is 0.200. The molecule has 0 bridgehead atoms. The van der Waals surface area contributed by atoms with E-state index >= 15 is 0 Å². The number of hydrogen-bond donors (Lipinski definition) is 0. The Kier molecular flexibility index (Phi) is 2.48. The SMILES string of the molecule is O=C1CCc2c(Cc3ccccn3)cccc21. The molecule has 0 saturated carbocycles. The molecule has 1 aliphatic rings. The molecule has 0 saturated heterocycles. The lowest BCUT2D eigenvalue weighted by molar-refractivity contribution is 0.0994. The Morgan fingerprint density at radius 3 is 2.82 bits per heavy atom. The van der Waals surface area contributed by atoms with Crippen molar-refractivity contribution in [2.45, 2.75) is 19.3 Å². The number of Topliss-reactive ketones (excluding diaryl/α,β-unsaturated/α-hetero) is 1. The first kappa shape index (κ1) is 10.2. The molecule has 1 heterocycles. The van der Waals surface area contributed by atoms with Crippen molar-refractivity contribution in [3.05, 3.63) is 65.0 Å². The summed E-state index contributed by atoms with van der Waals surface area (Å²) in [7, 11) is 0. The summed E-state index contributed by atoms with van der Waals surface area (Å²) in [4.78, 5) is 16.0. The molecule has 0 fully saturated rings. The van der Waals surface area contributed by atoms with Gasteiger partial charge in [-0.15, -0.1) is 0 Å². The van der Waals surface area contributed by atoms with Crippen LogP contribution >= 0.6 is 0 Å². The molecule has 1 aromatic heterocycles. The van der Waals surface area contributed by atoms with Crippen LogP contribution in [-0.2, 0) is 12.8 Å². The van der Waals surface area contributed by atoms with Crippen LogP contribution in [0.15, 0.2) is 42.6 Å². The van der Waals surface area contributed by atoms with Crippen LogP contribution in [0.5, 0.6) is 0 Å². The van der Waals surface area contributed by atoms with Gasteiger partial charge in [0, 0.05) is 30.3 Å². The Bertz CT molecular complexity index is 560. The molecule has 3 rings (SSSR count). The lowest BCUT2D eigenvalue weighted by Gasteiger charge is -2.06. The highest BCUT2D eigenvalue weighted by Crippen LogP contribution is 2.26. The molecular weight excluding hydrogens is 210 g/mol. The van der Waals surface area contributed by atoms with Gasteiger partial charge in [0.25, 0.3) is 0 Å². The maximum Gasteiger partial charge on any atom is 0.163 e. The number of carbonyl (C=O) groups is 1. The van der Waals surface area contributed by atoms with Gasteiger partial charge in [-0.05, 0) is 29.7 Å². The number of rotatable bonds is 2. The van der Waals surface area contributed by atoms with Crippen LogP contribution in [0.25, 0.3) is 0 Å². The van der Waals surface area contributed by atoms with Crippen LogP contribution in [0.4, 0.5) is 0 Å². The zero-order chi connectivity index (χ0) is 11.7. The van der Waals surface area contributed by atoms with Crippen LogP contribution in [0, 0.1) is 0 Å². The van der Waals surface area contributed by atoms with Crippen molar-refractivity contribution in [3.8, 4) is 0 Å². The summed E-state index contributed by atoms with van der Waals surface area (Å²) in [5, 5.41) is 0. The Hall–Kier alpha value is -1.96. The topological polar surface area (TPSA) is 30.0 Å². The number of carbonyl (C=O) groups excluding carboxylic acids is 1. The number of ketones is 1. The predicted octanol–water partition coefficient (Wildman–Crippen LogP) is 2.80. The fourth-order valence-corrected chi connectivity index (χ4v) is 2.43. The molecular formula is C15H13NO. The molecule has 1 aliphatic carbocycles. The quantitative estimate of drug-likeness (QED) is 0.783. The van der Waals surface area contributed by atoms with E-state index in [1.165, 1.54) is 11.1 Å². The van der Waals surface area contributed by atoms with Crippen molar-refractivity contribution in [2.75, 3.05) is 0 Å². The number of fused-ring (bicyclic) bond motifs is 1. The fourth-order valence-electron chi connectivity index (χ4n) is 2.43. The average Bonchev–Trinajstić information content (AvgIpc) is 2.74. The summed E-state index contributed by atoms with van der Waals surface area (Å²) >= 11 is 0. The number of aromatic nitrogens is 1. The van der Waals surface area contributed by atoms with E-state index in [9.17, 15) is 4.79 Å². The van der Waals surface area contributed by atoms with Gasteiger partial charge in [0.1, 0.15) is 0 Å². The zero-order valence-electron chi connectivity index (χ0n) is 9.52. The molecule has 0 spiro atoms. The van der Waals surface area contributed by atoms with E-state index in [-0.39, 0.29) is 5.78 Å². The highest BCUT2D eigenvalue weighted by Gasteiger charge is 2.21. The third-order valence-corrected chi connectivity index (χ3v) is 3.27. The Balaban J connectivity index is 1.98. The largest absolute Gasteiger partial charge is 0.294 e. The normalized spacial score (nSPS) is 13.8. The van der Waals surface area contributed by atoms with Gasteiger partial charge in [0.15, 0.2) is 5.78 Å². The highest BCUT2D eigenvalue weighted by molar-refractivity contribution is 6.00. The molecule has 17 heavy (non-hydrogen) atoms. The second-order valence-electron chi connectivity index (χ2n) is 4.36. The molecule has 2 aromatic rings. The van der Waals surface area contributed by atoms with E-state index in [4.69, 9.17) is 0 Å². The summed E-state index contributed by atoms with van der Waals surface area (Å²) in [5.74, 6) is 0.280. The van der Waals surface area contributed by atoms with Gasteiger partial charge < -0.3 is 0 Å². The van der Waals surface area contributed by atoms with E-state index < -0.39 is 0 Å². The third-order valence-electron chi connectivity index (χ3n) is 3.27. The second-order valence-corrected chi connectivity index (χ2v) is 4.36. The molecule has 1 aromatic carbocycles. The van der Waals surface area contributed by atoms with E-state index in [0.29, 0.717) is 6.42 Å². The van der Waals surface area contributed by atoms with Gasteiger partial charge in [-0.3, -0.25) is 9.78 Å². The van der Waals surface area contributed by atoms with Crippen molar-refractivity contribution >= 4 is 5.78 Å². The molecule has 2 nitrogen and oxygen atoms in total. The molecule has 0 amide bonds. The number of nitrogens with zero attached hydrogens (tertiary/aromatic N) is 1. The van der Waals surface area contributed by atoms with Gasteiger partial charge >= 0.3 is 0 Å². The smallest absolute Gasteiger partial charge is 0.163 e. The molecule has 0 N–H and O–H groups in total. The van der Waals surface area contributed by atoms with Crippen LogP contribution in [0.3, 0.4) is 0 Å². The zero-order valence-corrected chi connectivity index (χ0v) is 9.52. The molecule has 84 valence electrons. The molecule has 0 aliphatic heterocycles. The first-order valence-corrected chi connectivity index (χ1v) is 5.88. The summed E-state index contributed by atoms with van der Waals surface area (Å²) in [6.07, 6.45) is 4.17. The van der Waals surface area contributed by atoms with Gasteiger partial charge in [0.05, 0.1) is 0 Å². The minimum absolute atomic E-state index is 0.280. The molecule has 0 radical (unpaired) electrons. The van der Waals surface area contributed by atoms with E-state index in [1.54, 1.807) is 0 Å². The van der Waals surface area contributed by atoms with Gasteiger partial charge in [0.2, 0.25) is 0 Å². The second kappa shape index (κ2) is 4.13. The van der Waals surface area contributed by atoms with Crippen molar-refractivity contribution in [2.24, 2.45) is 0 Å². The first-order valence-electron chi connectivity index (χ1n) is 5.88. The minimum atomic E-state index is 0.280. The monoisotopic (exact) mass is 223 g/mol. The van der Waals surface area contributed by atoms with E-state index in [1.807, 2.05) is 36.5 Å². The minimum Gasteiger partial charge on any atom is -0.294 e. The van der Waals surface area contributed by atoms with Gasteiger partial charge in [-0.25, -0.2) is 0 Å². The van der Waals surface area contributed by atoms with Gasteiger partial charge in [-0.2, -0.15) is 0 Å². The molecule has 2 heteroatoms. The van der Waals surface area contributed by atoms with Crippen LogP contribution in [-0.4, -0.2) is 10.8 Å². The highest BCUT2D eigenvalue weighted by atomic mass is 16.1. The summed E-state index contributed by atoms with van der Waals surface area (Å²) in [6.45, 7) is 0. The van der Waals surface area contributed by atoms with Crippen molar-refractivity contribution in [3.63, 3.8) is 0 Å². The van der Waals surface area contributed by atoms with Crippen molar-refractivity contribution in [1.29, 1.82) is 0 Å². The molecule has 0 atom stereocenters. The Labute approximate surface area is 100 Å². The summed E-state index contributed by atoms with van der Waals surface area (Å²) < 4.78 is 0. The predicted molar refractivity (Wildman–Crippen MR) is 66.1 cm³/mol. The lowest BCUT2D eigenvalue weighted by Crippen LogP contribution is -1.97. The maximum absolute atomic E-state index is 11.7. The van der Waals surface area contributed by atoms with Gasteiger partial charge in [-0.1, -0.05) is 24.3 Å². The third kappa shape index (κ3) is 1.86. The van der Waals surface area contributed by atoms with Crippen LogP contribution in [0.2, 0.25) is 0 Å². The summed E-state index contributed by atoms with van der Waals surface area (Å²) in [6, 6.07) is 12.0. The van der Waals surface area contributed by atoms with E-state index in [0.717, 1.165) is 24.1 Å². The van der Waals surface area contributed by atoms with Crippen molar-refractivity contribution < 1.29 is 4.79 Å². The first-order chi connectivity index (χ1) is 8.34. The van der Waals surface area contributed by atoms with Crippen LogP contribution in [0.1, 0.15) is 33.6 Å². The maximum atomic E-state index is 11.7. The summed E-state index contributed by atoms with van der Waals surface area (Å²) in [5.41, 5.74) is 4.44. The lowest BCUT2D eigenvalue weighted by atomic mass is 9.99. The van der Waals surface area contributed by atoms with E-state index in [2.05, 4.69) is 11.1 Å². The Morgan fingerprint density at radius 2 is 2.00 bits per heavy atom.